The number of amides is 2. The Bertz CT molecular complexity index is 1040. The van der Waals surface area contributed by atoms with Crippen LogP contribution in [0.4, 0.5) is 5.69 Å². The third-order valence-corrected chi connectivity index (χ3v) is 5.15. The molecule has 0 aliphatic heterocycles. The molecule has 2 aromatic rings. The van der Waals surface area contributed by atoms with E-state index in [0.29, 0.717) is 42.3 Å². The third-order valence-electron chi connectivity index (χ3n) is 5.15. The number of benzene rings is 1. The number of rotatable bonds is 7. The van der Waals surface area contributed by atoms with Gasteiger partial charge in [-0.25, -0.2) is 5.43 Å². The molecular formula is C22H26N4O5. The van der Waals surface area contributed by atoms with Gasteiger partial charge in [-0.2, -0.15) is 5.10 Å². The molecule has 0 saturated carbocycles. The Morgan fingerprint density at radius 3 is 2.74 bits per heavy atom. The van der Waals surface area contributed by atoms with Crippen LogP contribution in [0.25, 0.3) is 0 Å². The van der Waals surface area contributed by atoms with E-state index in [-0.39, 0.29) is 22.9 Å². The molecule has 0 atom stereocenters. The maximum absolute atomic E-state index is 12.5. The quantitative estimate of drug-likeness (QED) is 0.515. The van der Waals surface area contributed by atoms with Gasteiger partial charge in [0.25, 0.3) is 17.5 Å². The lowest BCUT2D eigenvalue weighted by atomic mass is 9.93. The van der Waals surface area contributed by atoms with Crippen molar-refractivity contribution in [2.24, 2.45) is 11.0 Å². The zero-order valence-electron chi connectivity index (χ0n) is 17.9. The molecule has 2 amide bonds. The summed E-state index contributed by atoms with van der Waals surface area (Å²) in [6, 6.07) is 5.45. The lowest BCUT2D eigenvalue weighted by Gasteiger charge is -2.13. The number of nitro groups is 1. The summed E-state index contributed by atoms with van der Waals surface area (Å²) in [7, 11) is 0. The van der Waals surface area contributed by atoms with Gasteiger partial charge in [-0.15, -0.1) is 0 Å². The smallest absolute Gasteiger partial charge is 0.287 e. The molecule has 31 heavy (non-hydrogen) atoms. The average molecular weight is 426 g/mol. The molecule has 1 aromatic heterocycles. The van der Waals surface area contributed by atoms with Crippen LogP contribution in [0.3, 0.4) is 0 Å². The number of nitrogens with zero attached hydrogens (tertiary/aromatic N) is 2. The van der Waals surface area contributed by atoms with E-state index in [4.69, 9.17) is 4.42 Å². The third kappa shape index (κ3) is 5.17. The predicted octanol–water partition coefficient (Wildman–Crippen LogP) is 3.74. The van der Waals surface area contributed by atoms with Crippen molar-refractivity contribution in [1.29, 1.82) is 0 Å². The summed E-state index contributed by atoms with van der Waals surface area (Å²) in [5.74, 6) is 0.637. The highest BCUT2D eigenvalue weighted by Gasteiger charge is 2.28. The van der Waals surface area contributed by atoms with E-state index in [9.17, 15) is 19.7 Å². The summed E-state index contributed by atoms with van der Waals surface area (Å²) in [4.78, 5) is 35.3. The number of nitro benzene ring substituents is 1. The second kappa shape index (κ2) is 9.55. The lowest BCUT2D eigenvalue weighted by Crippen LogP contribution is -2.25. The van der Waals surface area contributed by atoms with Crippen LogP contribution in [0.5, 0.6) is 0 Å². The lowest BCUT2D eigenvalue weighted by molar-refractivity contribution is -0.384. The largest absolute Gasteiger partial charge is 0.455 e. The molecule has 0 fully saturated rings. The Labute approximate surface area is 180 Å². The molecule has 9 nitrogen and oxygen atoms in total. The molecule has 1 aliphatic carbocycles. The summed E-state index contributed by atoms with van der Waals surface area (Å²) in [5, 5.41) is 18.0. The SMILES string of the molecule is Cc1c(C(=O)NCCC(C)C)oc2c1/C(=N/NC(=O)c1cccc([N+](=O)[O-])c1)CCC2. The van der Waals surface area contributed by atoms with Crippen LogP contribution >= 0.6 is 0 Å². The number of nitrogens with one attached hydrogen (secondary N) is 2. The molecule has 3 rings (SSSR count). The molecule has 9 heteroatoms. The predicted molar refractivity (Wildman–Crippen MR) is 115 cm³/mol. The molecular weight excluding hydrogens is 400 g/mol. The fourth-order valence-electron chi connectivity index (χ4n) is 3.49. The van der Waals surface area contributed by atoms with Gasteiger partial charge in [0.05, 0.1) is 10.6 Å². The van der Waals surface area contributed by atoms with Gasteiger partial charge in [0.15, 0.2) is 5.76 Å². The zero-order chi connectivity index (χ0) is 22.5. The average Bonchev–Trinajstić information content (AvgIpc) is 3.09. The van der Waals surface area contributed by atoms with E-state index < -0.39 is 10.8 Å². The first-order valence-electron chi connectivity index (χ1n) is 10.3. The summed E-state index contributed by atoms with van der Waals surface area (Å²) >= 11 is 0. The molecule has 1 aromatic carbocycles. The first-order valence-corrected chi connectivity index (χ1v) is 10.3. The molecule has 164 valence electrons. The fraction of sp³-hybridized carbons (Fsp3) is 0.409. The van der Waals surface area contributed by atoms with Crippen molar-refractivity contribution in [3.05, 3.63) is 62.6 Å². The van der Waals surface area contributed by atoms with Crippen molar-refractivity contribution in [2.75, 3.05) is 6.54 Å². The molecule has 0 saturated heterocycles. The number of hydrogen-bond acceptors (Lipinski definition) is 6. The molecule has 0 bridgehead atoms. The number of furan rings is 1. The minimum Gasteiger partial charge on any atom is -0.455 e. The van der Waals surface area contributed by atoms with E-state index in [1.165, 1.54) is 24.3 Å². The number of hydrogen-bond donors (Lipinski definition) is 2. The zero-order valence-corrected chi connectivity index (χ0v) is 17.9. The normalized spacial score (nSPS) is 14.4. The Morgan fingerprint density at radius 2 is 2.03 bits per heavy atom. The maximum atomic E-state index is 12.5. The van der Waals surface area contributed by atoms with Crippen molar-refractivity contribution < 1.29 is 18.9 Å². The first-order chi connectivity index (χ1) is 14.8. The highest BCUT2D eigenvalue weighted by molar-refractivity contribution is 6.07. The minimum absolute atomic E-state index is 0.142. The van der Waals surface area contributed by atoms with Crippen LogP contribution in [0.1, 0.15) is 70.9 Å². The van der Waals surface area contributed by atoms with E-state index >= 15 is 0 Å². The summed E-state index contributed by atoms with van der Waals surface area (Å²) in [6.07, 6.45) is 2.96. The molecule has 0 radical (unpaired) electrons. The Morgan fingerprint density at radius 1 is 1.26 bits per heavy atom. The van der Waals surface area contributed by atoms with Gasteiger partial charge in [-0.3, -0.25) is 19.7 Å². The van der Waals surface area contributed by atoms with Crippen LogP contribution < -0.4 is 10.7 Å². The van der Waals surface area contributed by atoms with Gasteiger partial charge in [0.1, 0.15) is 5.76 Å². The summed E-state index contributed by atoms with van der Waals surface area (Å²) in [5.41, 5.74) is 4.52. The van der Waals surface area contributed by atoms with Crippen LogP contribution in [0.15, 0.2) is 33.8 Å². The van der Waals surface area contributed by atoms with Gasteiger partial charge in [0, 0.05) is 41.8 Å². The molecule has 0 unspecified atom stereocenters. The standard InChI is InChI=1S/C22H26N4O5/c1-13(2)10-11-23-22(28)20-14(3)19-17(8-5-9-18(19)31-20)24-25-21(27)15-6-4-7-16(12-15)26(29)30/h4,6-7,12-13H,5,8-11H2,1-3H3,(H,23,28)(H,25,27)/b24-17+. The van der Waals surface area contributed by atoms with E-state index in [1.54, 1.807) is 0 Å². The van der Waals surface area contributed by atoms with Crippen LogP contribution in [-0.4, -0.2) is 29.0 Å². The van der Waals surface area contributed by atoms with Crippen LogP contribution in [0, 0.1) is 23.0 Å². The highest BCUT2D eigenvalue weighted by atomic mass is 16.6. The Balaban J connectivity index is 1.78. The fourth-order valence-corrected chi connectivity index (χ4v) is 3.49. The second-order valence-corrected chi connectivity index (χ2v) is 7.95. The van der Waals surface area contributed by atoms with Crippen LogP contribution in [0.2, 0.25) is 0 Å². The van der Waals surface area contributed by atoms with E-state index in [1.807, 2.05) is 6.92 Å². The van der Waals surface area contributed by atoms with Gasteiger partial charge >= 0.3 is 0 Å². The monoisotopic (exact) mass is 426 g/mol. The van der Waals surface area contributed by atoms with E-state index in [0.717, 1.165) is 18.4 Å². The first kappa shape index (κ1) is 22.2. The topological polar surface area (TPSA) is 127 Å². The van der Waals surface area contributed by atoms with Crippen molar-refractivity contribution in [1.82, 2.24) is 10.7 Å². The number of carbonyl (C=O) groups excluding carboxylic acids is 2. The highest BCUT2D eigenvalue weighted by Crippen LogP contribution is 2.30. The van der Waals surface area contributed by atoms with E-state index in [2.05, 4.69) is 29.7 Å². The van der Waals surface area contributed by atoms with Crippen molar-refractivity contribution in [3.63, 3.8) is 0 Å². The molecule has 0 spiro atoms. The number of hydrazone groups is 1. The van der Waals surface area contributed by atoms with Crippen molar-refractivity contribution >= 4 is 23.2 Å². The maximum Gasteiger partial charge on any atom is 0.287 e. The van der Waals surface area contributed by atoms with Gasteiger partial charge in [-0.05, 0) is 38.2 Å². The van der Waals surface area contributed by atoms with Crippen molar-refractivity contribution in [3.8, 4) is 0 Å². The summed E-state index contributed by atoms with van der Waals surface area (Å²) in [6.45, 7) is 6.56. The summed E-state index contributed by atoms with van der Waals surface area (Å²) < 4.78 is 5.84. The van der Waals surface area contributed by atoms with Crippen LogP contribution in [-0.2, 0) is 6.42 Å². The minimum atomic E-state index is -0.557. The second-order valence-electron chi connectivity index (χ2n) is 7.95. The molecule has 1 aliphatic rings. The van der Waals surface area contributed by atoms with Gasteiger partial charge in [-0.1, -0.05) is 19.9 Å². The molecule has 1 heterocycles. The number of fused-ring (bicyclic) bond motifs is 1. The molecule has 2 N–H and O–H groups in total. The number of aryl methyl sites for hydroxylation is 1. The van der Waals surface area contributed by atoms with Gasteiger partial charge in [0.2, 0.25) is 0 Å². The number of non-ortho nitro benzene ring substituents is 1. The Hall–Kier alpha value is -3.49. The number of carbonyl (C=O) groups is 2. The Kier molecular flexibility index (Phi) is 6.84. The van der Waals surface area contributed by atoms with Gasteiger partial charge < -0.3 is 9.73 Å². The van der Waals surface area contributed by atoms with Crippen molar-refractivity contribution in [2.45, 2.75) is 46.5 Å².